The fourth-order valence-electron chi connectivity index (χ4n) is 2.89. The highest BCUT2D eigenvalue weighted by Crippen LogP contribution is 2.35. The van der Waals surface area contributed by atoms with Crippen molar-refractivity contribution in [2.45, 2.75) is 51.5 Å². The Hall–Kier alpha value is -0.870. The van der Waals surface area contributed by atoms with Gasteiger partial charge in [0, 0.05) is 11.4 Å². The average molecular weight is 280 g/mol. The summed E-state index contributed by atoms with van der Waals surface area (Å²) >= 11 is 1.68. The van der Waals surface area contributed by atoms with Gasteiger partial charge in [0.25, 0.3) is 0 Å². The Balaban J connectivity index is 2.03. The van der Waals surface area contributed by atoms with Crippen molar-refractivity contribution in [3.05, 3.63) is 22.4 Å². The second-order valence-electron chi connectivity index (χ2n) is 5.61. The van der Waals surface area contributed by atoms with Crippen molar-refractivity contribution >= 4 is 17.2 Å². The second-order valence-corrected chi connectivity index (χ2v) is 6.59. The fraction of sp³-hybridized carbons (Fsp3) is 0.667. The third-order valence-electron chi connectivity index (χ3n) is 4.25. The van der Waals surface area contributed by atoms with Crippen LogP contribution in [0, 0.1) is 5.41 Å². The first-order valence-electron chi connectivity index (χ1n) is 7.22. The number of hydrogen-bond donors (Lipinski definition) is 2. The summed E-state index contributed by atoms with van der Waals surface area (Å²) in [4.78, 5) is 13.8. The van der Waals surface area contributed by atoms with Gasteiger partial charge in [-0.15, -0.1) is 11.3 Å². The molecular formula is C15H24N2OS. The molecule has 1 fully saturated rings. The molecule has 0 unspecified atom stereocenters. The molecule has 3 N–H and O–H groups in total. The second kappa shape index (κ2) is 6.53. The van der Waals surface area contributed by atoms with E-state index < -0.39 is 0 Å². The predicted octanol–water partition coefficient (Wildman–Crippen LogP) is 3.22. The van der Waals surface area contributed by atoms with Crippen LogP contribution in [0.15, 0.2) is 17.5 Å². The number of nitrogens with one attached hydrogen (secondary N) is 1. The van der Waals surface area contributed by atoms with Crippen molar-refractivity contribution in [3.8, 4) is 0 Å². The van der Waals surface area contributed by atoms with E-state index >= 15 is 0 Å². The standard InChI is InChI=1S/C15H24N2OS/c1-12(13-7-6-10-19-13)17-14(18)15(11-16)8-4-2-3-5-9-15/h6-7,10,12H,2-5,8-9,11,16H2,1H3,(H,17,18)/t12-/m0/s1. The molecule has 1 aliphatic rings. The van der Waals surface area contributed by atoms with E-state index in [1.165, 1.54) is 17.7 Å². The van der Waals surface area contributed by atoms with Gasteiger partial charge in [-0.2, -0.15) is 0 Å². The van der Waals surface area contributed by atoms with Crippen LogP contribution in [-0.4, -0.2) is 12.5 Å². The van der Waals surface area contributed by atoms with Crippen LogP contribution in [0.5, 0.6) is 0 Å². The molecule has 1 amide bonds. The quantitative estimate of drug-likeness (QED) is 0.832. The van der Waals surface area contributed by atoms with Crippen LogP contribution < -0.4 is 11.1 Å². The molecule has 0 bridgehead atoms. The minimum Gasteiger partial charge on any atom is -0.348 e. The van der Waals surface area contributed by atoms with E-state index in [9.17, 15) is 4.79 Å². The van der Waals surface area contributed by atoms with Gasteiger partial charge in [-0.05, 0) is 31.2 Å². The fourth-order valence-corrected chi connectivity index (χ4v) is 3.62. The van der Waals surface area contributed by atoms with Crippen molar-refractivity contribution in [3.63, 3.8) is 0 Å². The van der Waals surface area contributed by atoms with Crippen molar-refractivity contribution < 1.29 is 4.79 Å². The van der Waals surface area contributed by atoms with Gasteiger partial charge in [-0.1, -0.05) is 31.7 Å². The van der Waals surface area contributed by atoms with Gasteiger partial charge in [0.2, 0.25) is 5.91 Å². The summed E-state index contributed by atoms with van der Waals surface area (Å²) in [5.41, 5.74) is 5.61. The lowest BCUT2D eigenvalue weighted by Crippen LogP contribution is -2.46. The molecule has 106 valence electrons. The molecule has 19 heavy (non-hydrogen) atoms. The number of carbonyl (C=O) groups is 1. The van der Waals surface area contributed by atoms with E-state index in [0.717, 1.165) is 25.7 Å². The zero-order valence-corrected chi connectivity index (χ0v) is 12.5. The van der Waals surface area contributed by atoms with Gasteiger partial charge in [0.05, 0.1) is 11.5 Å². The number of rotatable bonds is 4. The first kappa shape index (κ1) is 14.5. The maximum atomic E-state index is 12.6. The Morgan fingerprint density at radius 1 is 1.42 bits per heavy atom. The zero-order chi connectivity index (χ0) is 13.7. The van der Waals surface area contributed by atoms with Crippen LogP contribution in [0.1, 0.15) is 56.4 Å². The summed E-state index contributed by atoms with van der Waals surface area (Å²) in [5.74, 6) is 0.151. The van der Waals surface area contributed by atoms with Crippen LogP contribution in [0.4, 0.5) is 0 Å². The minimum absolute atomic E-state index is 0.0826. The van der Waals surface area contributed by atoms with E-state index in [4.69, 9.17) is 5.73 Å². The molecule has 1 aliphatic carbocycles. The Labute approximate surface area is 119 Å². The highest BCUT2D eigenvalue weighted by molar-refractivity contribution is 7.10. The summed E-state index contributed by atoms with van der Waals surface area (Å²) in [7, 11) is 0. The zero-order valence-electron chi connectivity index (χ0n) is 11.7. The topological polar surface area (TPSA) is 55.1 Å². The van der Waals surface area contributed by atoms with E-state index in [-0.39, 0.29) is 17.4 Å². The van der Waals surface area contributed by atoms with Crippen LogP contribution in [0.2, 0.25) is 0 Å². The third-order valence-corrected chi connectivity index (χ3v) is 5.31. The molecule has 0 radical (unpaired) electrons. The van der Waals surface area contributed by atoms with Gasteiger partial charge in [0.15, 0.2) is 0 Å². The van der Waals surface area contributed by atoms with Crippen LogP contribution in [-0.2, 0) is 4.79 Å². The first-order valence-corrected chi connectivity index (χ1v) is 8.10. The predicted molar refractivity (Wildman–Crippen MR) is 80.1 cm³/mol. The summed E-state index contributed by atoms with van der Waals surface area (Å²) in [5, 5.41) is 5.21. The van der Waals surface area contributed by atoms with E-state index in [1.54, 1.807) is 11.3 Å². The van der Waals surface area contributed by atoms with Gasteiger partial charge in [-0.3, -0.25) is 4.79 Å². The van der Waals surface area contributed by atoms with E-state index in [1.807, 2.05) is 18.4 Å². The van der Waals surface area contributed by atoms with Gasteiger partial charge >= 0.3 is 0 Å². The molecule has 1 aromatic heterocycles. The normalized spacial score (nSPS) is 20.5. The van der Waals surface area contributed by atoms with Crippen LogP contribution >= 0.6 is 11.3 Å². The SMILES string of the molecule is C[C@H](NC(=O)C1(CN)CCCCCC1)c1cccs1. The lowest BCUT2D eigenvalue weighted by molar-refractivity contribution is -0.132. The molecule has 1 saturated carbocycles. The Morgan fingerprint density at radius 3 is 2.63 bits per heavy atom. The first-order chi connectivity index (χ1) is 9.18. The lowest BCUT2D eigenvalue weighted by Gasteiger charge is -2.31. The monoisotopic (exact) mass is 280 g/mol. The van der Waals surface area contributed by atoms with E-state index in [2.05, 4.69) is 11.4 Å². The highest BCUT2D eigenvalue weighted by atomic mass is 32.1. The average Bonchev–Trinajstić information content (AvgIpc) is 2.84. The largest absolute Gasteiger partial charge is 0.348 e. The van der Waals surface area contributed by atoms with Gasteiger partial charge in [0.1, 0.15) is 0 Å². The van der Waals surface area contributed by atoms with Gasteiger partial charge < -0.3 is 11.1 Å². The molecule has 0 saturated heterocycles. The van der Waals surface area contributed by atoms with Crippen molar-refractivity contribution in [1.82, 2.24) is 5.32 Å². The minimum atomic E-state index is -0.331. The Kier molecular flexibility index (Phi) is 4.99. The highest BCUT2D eigenvalue weighted by Gasteiger charge is 2.37. The van der Waals surface area contributed by atoms with Crippen molar-refractivity contribution in [2.24, 2.45) is 11.1 Å². The molecular weight excluding hydrogens is 256 g/mol. The number of thiophene rings is 1. The Bertz CT molecular complexity index is 394. The lowest BCUT2D eigenvalue weighted by atomic mass is 9.79. The number of amides is 1. The van der Waals surface area contributed by atoms with Crippen LogP contribution in [0.25, 0.3) is 0 Å². The van der Waals surface area contributed by atoms with Gasteiger partial charge in [-0.25, -0.2) is 0 Å². The molecule has 2 rings (SSSR count). The van der Waals surface area contributed by atoms with Crippen LogP contribution in [0.3, 0.4) is 0 Å². The maximum Gasteiger partial charge on any atom is 0.227 e. The molecule has 1 atom stereocenters. The molecule has 1 aromatic rings. The molecule has 0 spiro atoms. The molecule has 3 nitrogen and oxygen atoms in total. The molecule has 1 heterocycles. The maximum absolute atomic E-state index is 12.6. The summed E-state index contributed by atoms with van der Waals surface area (Å²) in [6.45, 7) is 2.51. The van der Waals surface area contributed by atoms with E-state index in [0.29, 0.717) is 6.54 Å². The summed E-state index contributed by atoms with van der Waals surface area (Å²) in [6, 6.07) is 4.17. The molecule has 4 heteroatoms. The third kappa shape index (κ3) is 3.37. The summed E-state index contributed by atoms with van der Waals surface area (Å²) < 4.78 is 0. The molecule has 0 aliphatic heterocycles. The smallest absolute Gasteiger partial charge is 0.227 e. The van der Waals surface area contributed by atoms with Crippen molar-refractivity contribution in [2.75, 3.05) is 6.54 Å². The van der Waals surface area contributed by atoms with Crippen molar-refractivity contribution in [1.29, 1.82) is 0 Å². The molecule has 0 aromatic carbocycles. The number of carbonyl (C=O) groups excluding carboxylic acids is 1. The number of hydrogen-bond acceptors (Lipinski definition) is 3. The summed E-state index contributed by atoms with van der Waals surface area (Å²) in [6.07, 6.45) is 6.58. The Morgan fingerprint density at radius 2 is 2.11 bits per heavy atom. The number of nitrogens with two attached hydrogens (primary N) is 1.